The fourth-order valence-corrected chi connectivity index (χ4v) is 1.78. The molecule has 0 radical (unpaired) electrons. The van der Waals surface area contributed by atoms with Crippen LogP contribution in [0.5, 0.6) is 0 Å². The van der Waals surface area contributed by atoms with Crippen LogP contribution >= 0.6 is 15.9 Å². The second-order valence-corrected chi connectivity index (χ2v) is 4.34. The Balaban J connectivity index is 2.64. The first kappa shape index (κ1) is 13.7. The van der Waals surface area contributed by atoms with E-state index in [0.29, 0.717) is 5.69 Å². The van der Waals surface area contributed by atoms with Crippen molar-refractivity contribution in [3.05, 3.63) is 22.4 Å². The van der Waals surface area contributed by atoms with Gasteiger partial charge < -0.3 is 10.3 Å². The zero-order valence-electron chi connectivity index (χ0n) is 9.40. The summed E-state index contributed by atoms with van der Waals surface area (Å²) in [4.78, 5) is 26.8. The van der Waals surface area contributed by atoms with Crippen LogP contribution in [0.4, 0.5) is 0 Å². The molecule has 0 spiro atoms. The molecule has 0 saturated carbocycles. The minimum Gasteiger partial charge on any atom is -0.368 e. The number of nitrogens with zero attached hydrogens (tertiary/aromatic N) is 1. The van der Waals surface area contributed by atoms with E-state index in [9.17, 15) is 9.59 Å². The van der Waals surface area contributed by atoms with Crippen LogP contribution in [-0.2, 0) is 16.2 Å². The van der Waals surface area contributed by atoms with Crippen LogP contribution in [-0.4, -0.2) is 23.0 Å². The summed E-state index contributed by atoms with van der Waals surface area (Å²) >= 11 is 3.30. The molecule has 0 bridgehead atoms. The number of hydroxylamine groups is 1. The molecule has 0 aromatic carbocycles. The lowest BCUT2D eigenvalue weighted by Crippen LogP contribution is -2.30. The fourth-order valence-electron chi connectivity index (χ4n) is 1.32. The van der Waals surface area contributed by atoms with Gasteiger partial charge in [-0.05, 0) is 28.4 Å². The average molecular weight is 304 g/mol. The summed E-state index contributed by atoms with van der Waals surface area (Å²) in [5, 5.41) is 0. The van der Waals surface area contributed by atoms with Crippen molar-refractivity contribution in [2.45, 2.75) is 19.9 Å². The van der Waals surface area contributed by atoms with Crippen molar-refractivity contribution in [1.82, 2.24) is 10.0 Å². The Bertz CT molecular complexity index is 417. The molecule has 7 heteroatoms. The van der Waals surface area contributed by atoms with E-state index < -0.39 is 11.8 Å². The molecule has 0 fully saturated rings. The van der Waals surface area contributed by atoms with Gasteiger partial charge in [0.15, 0.2) is 6.61 Å². The van der Waals surface area contributed by atoms with Crippen molar-refractivity contribution in [3.8, 4) is 0 Å². The van der Waals surface area contributed by atoms with Gasteiger partial charge in [0, 0.05) is 17.2 Å². The normalized spacial score (nSPS) is 10.2. The summed E-state index contributed by atoms with van der Waals surface area (Å²) in [6.45, 7) is 2.39. The van der Waals surface area contributed by atoms with Gasteiger partial charge in [-0.2, -0.15) is 0 Å². The molecule has 0 aliphatic carbocycles. The number of hydrogen-bond acceptors (Lipinski definition) is 3. The molecule has 1 aromatic heterocycles. The van der Waals surface area contributed by atoms with Gasteiger partial charge in [-0.15, -0.1) is 0 Å². The van der Waals surface area contributed by atoms with Crippen molar-refractivity contribution in [2.75, 3.05) is 6.61 Å². The van der Waals surface area contributed by atoms with E-state index in [-0.39, 0.29) is 6.61 Å². The van der Waals surface area contributed by atoms with Crippen LogP contribution in [0.1, 0.15) is 23.8 Å². The van der Waals surface area contributed by atoms with E-state index in [2.05, 4.69) is 26.2 Å². The highest BCUT2D eigenvalue weighted by atomic mass is 79.9. The number of rotatable bonds is 6. The molecule has 6 nitrogen and oxygen atoms in total. The molecule has 2 amide bonds. The van der Waals surface area contributed by atoms with E-state index in [4.69, 9.17) is 5.73 Å². The quantitative estimate of drug-likeness (QED) is 0.762. The Hall–Kier alpha value is -1.34. The predicted octanol–water partition coefficient (Wildman–Crippen LogP) is 0.807. The van der Waals surface area contributed by atoms with Crippen molar-refractivity contribution >= 4 is 27.7 Å². The van der Waals surface area contributed by atoms with Crippen LogP contribution in [0.25, 0.3) is 0 Å². The monoisotopic (exact) mass is 303 g/mol. The lowest BCUT2D eigenvalue weighted by atomic mass is 10.4. The zero-order valence-corrected chi connectivity index (χ0v) is 11.0. The Morgan fingerprint density at radius 2 is 2.29 bits per heavy atom. The van der Waals surface area contributed by atoms with E-state index in [1.165, 1.54) is 0 Å². The molecule has 1 aromatic rings. The predicted molar refractivity (Wildman–Crippen MR) is 65.0 cm³/mol. The van der Waals surface area contributed by atoms with Crippen LogP contribution in [0.3, 0.4) is 0 Å². The lowest BCUT2D eigenvalue weighted by molar-refractivity contribution is -0.124. The second kappa shape index (κ2) is 6.41. The number of aryl methyl sites for hydroxylation is 1. The van der Waals surface area contributed by atoms with Crippen LogP contribution in [0, 0.1) is 0 Å². The number of carbonyl (C=O) groups excluding carboxylic acids is 2. The van der Waals surface area contributed by atoms with Gasteiger partial charge >= 0.3 is 0 Å². The van der Waals surface area contributed by atoms with Crippen LogP contribution in [0.2, 0.25) is 0 Å². The number of amides is 2. The van der Waals surface area contributed by atoms with Gasteiger partial charge in [0.05, 0.1) is 0 Å². The molecule has 1 rings (SSSR count). The SMILES string of the molecule is CCCn1cc(Br)cc1C(=O)NOCC(N)=O. The van der Waals surface area contributed by atoms with Crippen molar-refractivity contribution < 1.29 is 14.4 Å². The summed E-state index contributed by atoms with van der Waals surface area (Å²) in [5.74, 6) is -1.05. The molecule has 94 valence electrons. The summed E-state index contributed by atoms with van der Waals surface area (Å²) < 4.78 is 2.61. The molecular weight excluding hydrogens is 290 g/mol. The Kier molecular flexibility index (Phi) is 5.17. The van der Waals surface area contributed by atoms with Gasteiger partial charge in [-0.25, -0.2) is 5.48 Å². The molecule has 1 heterocycles. The number of primary amides is 1. The Morgan fingerprint density at radius 3 is 2.88 bits per heavy atom. The summed E-state index contributed by atoms with van der Waals surface area (Å²) in [6.07, 6.45) is 2.72. The Morgan fingerprint density at radius 1 is 1.59 bits per heavy atom. The third-order valence-corrected chi connectivity index (χ3v) is 2.37. The molecule has 0 aliphatic heterocycles. The highest BCUT2D eigenvalue weighted by molar-refractivity contribution is 9.10. The summed E-state index contributed by atoms with van der Waals surface area (Å²) in [5.41, 5.74) is 7.49. The maximum Gasteiger partial charge on any atom is 0.291 e. The molecule has 0 atom stereocenters. The second-order valence-electron chi connectivity index (χ2n) is 3.42. The number of halogens is 1. The Labute approximate surface area is 107 Å². The standard InChI is InChI=1S/C10H14BrN3O3/c1-2-3-14-5-7(11)4-8(14)10(16)13-17-6-9(12)15/h4-5H,2-3,6H2,1H3,(H2,12,15)(H,13,16). The smallest absolute Gasteiger partial charge is 0.291 e. The number of hydrogen-bond donors (Lipinski definition) is 2. The first-order valence-corrected chi connectivity index (χ1v) is 5.90. The van der Waals surface area contributed by atoms with Gasteiger partial charge in [0.2, 0.25) is 5.91 Å². The first-order chi connectivity index (χ1) is 8.04. The molecule has 0 unspecified atom stereocenters. The maximum absolute atomic E-state index is 11.7. The lowest BCUT2D eigenvalue weighted by Gasteiger charge is -2.07. The molecule has 0 saturated heterocycles. The van der Waals surface area contributed by atoms with E-state index in [1.54, 1.807) is 10.6 Å². The van der Waals surface area contributed by atoms with E-state index >= 15 is 0 Å². The van der Waals surface area contributed by atoms with E-state index in [1.807, 2.05) is 13.1 Å². The van der Waals surface area contributed by atoms with Gasteiger partial charge in [-0.1, -0.05) is 6.92 Å². The molecule has 0 aliphatic rings. The molecule has 17 heavy (non-hydrogen) atoms. The third-order valence-electron chi connectivity index (χ3n) is 1.94. The third kappa shape index (κ3) is 4.20. The highest BCUT2D eigenvalue weighted by Crippen LogP contribution is 2.15. The van der Waals surface area contributed by atoms with Crippen molar-refractivity contribution in [2.24, 2.45) is 5.73 Å². The number of nitrogens with two attached hydrogens (primary N) is 1. The average Bonchev–Trinajstić information content (AvgIpc) is 2.59. The summed E-state index contributed by atoms with van der Waals surface area (Å²) in [6, 6.07) is 1.68. The largest absolute Gasteiger partial charge is 0.368 e. The number of nitrogens with one attached hydrogen (secondary N) is 1. The van der Waals surface area contributed by atoms with Crippen LogP contribution in [0.15, 0.2) is 16.7 Å². The maximum atomic E-state index is 11.7. The van der Waals surface area contributed by atoms with Gasteiger partial charge in [0.1, 0.15) is 5.69 Å². The van der Waals surface area contributed by atoms with E-state index in [0.717, 1.165) is 17.4 Å². The topological polar surface area (TPSA) is 86.3 Å². The van der Waals surface area contributed by atoms with Crippen LogP contribution < -0.4 is 11.2 Å². The minimum atomic E-state index is -0.643. The number of carbonyl (C=O) groups is 2. The summed E-state index contributed by atoms with van der Waals surface area (Å²) in [7, 11) is 0. The van der Waals surface area contributed by atoms with Gasteiger partial charge in [0.25, 0.3) is 5.91 Å². The van der Waals surface area contributed by atoms with Gasteiger partial charge in [-0.3, -0.25) is 14.4 Å². The van der Waals surface area contributed by atoms with Crippen molar-refractivity contribution in [3.63, 3.8) is 0 Å². The first-order valence-electron chi connectivity index (χ1n) is 5.10. The molecule has 3 N–H and O–H groups in total. The zero-order chi connectivity index (χ0) is 12.8. The fraction of sp³-hybridized carbons (Fsp3) is 0.400. The van der Waals surface area contributed by atoms with Crippen molar-refractivity contribution in [1.29, 1.82) is 0 Å². The molecular formula is C10H14BrN3O3. The highest BCUT2D eigenvalue weighted by Gasteiger charge is 2.12. The number of aromatic nitrogens is 1. The minimum absolute atomic E-state index is 0.346.